The Bertz CT molecular complexity index is 344. The molecule has 18 heavy (non-hydrogen) atoms. The molecule has 0 saturated heterocycles. The van der Waals surface area contributed by atoms with Gasteiger partial charge in [-0.15, -0.1) is 0 Å². The second-order valence-electron chi connectivity index (χ2n) is 5.25. The molecule has 2 rings (SSSR count). The standard InChI is InChI=1S/C15H26N2O/c1-3-4-10-18-11-9-17-8-7-14(12-17)15(16-2)13-5-6-13/h7-8,12-13,15-16H,3-6,9-11H2,1-2H3. The van der Waals surface area contributed by atoms with Gasteiger partial charge >= 0.3 is 0 Å². The van der Waals surface area contributed by atoms with Crippen molar-refractivity contribution in [3.63, 3.8) is 0 Å². The molecule has 0 radical (unpaired) electrons. The lowest BCUT2D eigenvalue weighted by Crippen LogP contribution is -2.17. The average Bonchev–Trinajstić information content (AvgIpc) is 3.10. The predicted molar refractivity (Wildman–Crippen MR) is 74.7 cm³/mol. The van der Waals surface area contributed by atoms with Gasteiger partial charge in [0.15, 0.2) is 0 Å². The van der Waals surface area contributed by atoms with Gasteiger partial charge in [0.05, 0.1) is 6.61 Å². The maximum Gasteiger partial charge on any atom is 0.0645 e. The molecule has 0 bridgehead atoms. The van der Waals surface area contributed by atoms with Crippen molar-refractivity contribution < 1.29 is 4.74 Å². The molecule has 0 amide bonds. The molecule has 1 aliphatic carbocycles. The fourth-order valence-corrected chi connectivity index (χ4v) is 2.40. The van der Waals surface area contributed by atoms with E-state index in [1.807, 2.05) is 0 Å². The first kappa shape index (κ1) is 13.6. The van der Waals surface area contributed by atoms with E-state index in [4.69, 9.17) is 4.74 Å². The number of aromatic nitrogens is 1. The number of nitrogens with one attached hydrogen (secondary N) is 1. The summed E-state index contributed by atoms with van der Waals surface area (Å²) in [6.45, 7) is 4.87. The Morgan fingerprint density at radius 2 is 2.28 bits per heavy atom. The normalized spacial score (nSPS) is 17.0. The Balaban J connectivity index is 1.75. The van der Waals surface area contributed by atoms with Gasteiger partial charge in [-0.1, -0.05) is 13.3 Å². The van der Waals surface area contributed by atoms with Crippen LogP contribution in [0.1, 0.15) is 44.2 Å². The Labute approximate surface area is 111 Å². The van der Waals surface area contributed by atoms with Gasteiger partial charge in [-0.05, 0) is 43.9 Å². The van der Waals surface area contributed by atoms with Crippen LogP contribution in [0.15, 0.2) is 18.5 Å². The second-order valence-corrected chi connectivity index (χ2v) is 5.25. The molecule has 102 valence electrons. The predicted octanol–water partition coefficient (Wildman–Crippen LogP) is 2.98. The van der Waals surface area contributed by atoms with Gasteiger partial charge in [-0.25, -0.2) is 0 Å². The van der Waals surface area contributed by atoms with Gasteiger partial charge in [-0.2, -0.15) is 0 Å². The summed E-state index contributed by atoms with van der Waals surface area (Å²) in [5.41, 5.74) is 1.42. The summed E-state index contributed by atoms with van der Waals surface area (Å²) in [5, 5.41) is 3.43. The highest BCUT2D eigenvalue weighted by atomic mass is 16.5. The van der Waals surface area contributed by atoms with Crippen LogP contribution in [-0.2, 0) is 11.3 Å². The monoisotopic (exact) mass is 250 g/mol. The number of hydrogen-bond donors (Lipinski definition) is 1. The lowest BCUT2D eigenvalue weighted by Gasteiger charge is -2.13. The Morgan fingerprint density at radius 1 is 1.44 bits per heavy atom. The van der Waals surface area contributed by atoms with E-state index >= 15 is 0 Å². The molecule has 1 heterocycles. The van der Waals surface area contributed by atoms with Gasteiger partial charge in [0.1, 0.15) is 0 Å². The first-order valence-electron chi connectivity index (χ1n) is 7.25. The summed E-state index contributed by atoms with van der Waals surface area (Å²) in [7, 11) is 2.06. The van der Waals surface area contributed by atoms with E-state index in [-0.39, 0.29) is 0 Å². The zero-order chi connectivity index (χ0) is 12.8. The molecule has 1 saturated carbocycles. The van der Waals surface area contributed by atoms with Crippen molar-refractivity contribution in [3.8, 4) is 0 Å². The van der Waals surface area contributed by atoms with E-state index in [9.17, 15) is 0 Å². The Hall–Kier alpha value is -0.800. The van der Waals surface area contributed by atoms with Gasteiger partial charge in [-0.3, -0.25) is 0 Å². The van der Waals surface area contributed by atoms with Crippen molar-refractivity contribution in [2.45, 2.75) is 45.2 Å². The minimum absolute atomic E-state index is 0.548. The summed E-state index contributed by atoms with van der Waals surface area (Å²) in [5.74, 6) is 0.853. The van der Waals surface area contributed by atoms with Crippen LogP contribution in [0.3, 0.4) is 0 Å². The topological polar surface area (TPSA) is 26.2 Å². The van der Waals surface area contributed by atoms with Crippen LogP contribution in [0.25, 0.3) is 0 Å². The molecule has 1 aromatic rings. The van der Waals surface area contributed by atoms with E-state index in [1.165, 1.54) is 31.2 Å². The number of unbranched alkanes of at least 4 members (excludes halogenated alkanes) is 1. The molecule has 1 unspecified atom stereocenters. The van der Waals surface area contributed by atoms with Crippen LogP contribution >= 0.6 is 0 Å². The maximum atomic E-state index is 5.60. The summed E-state index contributed by atoms with van der Waals surface area (Å²) in [6.07, 6.45) is 9.56. The first-order valence-corrected chi connectivity index (χ1v) is 7.25. The number of rotatable bonds is 9. The van der Waals surface area contributed by atoms with E-state index < -0.39 is 0 Å². The molecule has 3 heteroatoms. The number of nitrogens with zero attached hydrogens (tertiary/aromatic N) is 1. The highest BCUT2D eigenvalue weighted by Crippen LogP contribution is 2.40. The molecule has 0 aromatic carbocycles. The van der Waals surface area contributed by atoms with Crippen LogP contribution in [0.2, 0.25) is 0 Å². The van der Waals surface area contributed by atoms with Crippen LogP contribution < -0.4 is 5.32 Å². The van der Waals surface area contributed by atoms with E-state index in [0.717, 1.165) is 25.7 Å². The Morgan fingerprint density at radius 3 is 2.94 bits per heavy atom. The largest absolute Gasteiger partial charge is 0.380 e. The smallest absolute Gasteiger partial charge is 0.0645 e. The van der Waals surface area contributed by atoms with Gasteiger partial charge in [0, 0.05) is 31.6 Å². The minimum Gasteiger partial charge on any atom is -0.380 e. The van der Waals surface area contributed by atoms with Crippen molar-refractivity contribution in [2.75, 3.05) is 20.3 Å². The Kier molecular flexibility index (Phi) is 5.26. The molecule has 1 aromatic heterocycles. The summed E-state index contributed by atoms with van der Waals surface area (Å²) < 4.78 is 7.84. The molecular weight excluding hydrogens is 224 g/mol. The molecule has 3 nitrogen and oxygen atoms in total. The van der Waals surface area contributed by atoms with Crippen molar-refractivity contribution in [1.82, 2.24) is 9.88 Å². The molecule has 1 N–H and O–H groups in total. The highest BCUT2D eigenvalue weighted by Gasteiger charge is 2.31. The van der Waals surface area contributed by atoms with E-state index in [1.54, 1.807) is 0 Å². The highest BCUT2D eigenvalue weighted by molar-refractivity contribution is 5.18. The van der Waals surface area contributed by atoms with Crippen molar-refractivity contribution >= 4 is 0 Å². The third-order valence-corrected chi connectivity index (χ3v) is 3.67. The summed E-state index contributed by atoms with van der Waals surface area (Å²) in [6, 6.07) is 2.79. The van der Waals surface area contributed by atoms with E-state index in [0.29, 0.717) is 6.04 Å². The average molecular weight is 250 g/mol. The summed E-state index contributed by atoms with van der Waals surface area (Å²) in [4.78, 5) is 0. The van der Waals surface area contributed by atoms with Crippen LogP contribution in [0, 0.1) is 5.92 Å². The zero-order valence-corrected chi connectivity index (χ0v) is 11.7. The van der Waals surface area contributed by atoms with Crippen LogP contribution in [0.4, 0.5) is 0 Å². The van der Waals surface area contributed by atoms with Crippen LogP contribution in [0.5, 0.6) is 0 Å². The molecule has 1 aliphatic rings. The lowest BCUT2D eigenvalue weighted by molar-refractivity contribution is 0.123. The van der Waals surface area contributed by atoms with Gasteiger partial charge < -0.3 is 14.6 Å². The maximum absolute atomic E-state index is 5.60. The molecule has 1 fully saturated rings. The molecule has 0 spiro atoms. The SMILES string of the molecule is CCCCOCCn1ccc(C(NC)C2CC2)c1. The van der Waals surface area contributed by atoms with Crippen molar-refractivity contribution in [2.24, 2.45) is 5.92 Å². The fraction of sp³-hybridized carbons (Fsp3) is 0.733. The second kappa shape index (κ2) is 6.95. The van der Waals surface area contributed by atoms with E-state index in [2.05, 4.69) is 42.3 Å². The third-order valence-electron chi connectivity index (χ3n) is 3.67. The van der Waals surface area contributed by atoms with Crippen molar-refractivity contribution in [3.05, 3.63) is 24.0 Å². The van der Waals surface area contributed by atoms with Crippen LogP contribution in [-0.4, -0.2) is 24.8 Å². The third kappa shape index (κ3) is 3.85. The minimum atomic E-state index is 0.548. The lowest BCUT2D eigenvalue weighted by atomic mass is 10.1. The molecular formula is C15H26N2O. The quantitative estimate of drug-likeness (QED) is 0.682. The van der Waals surface area contributed by atoms with Crippen molar-refractivity contribution in [1.29, 1.82) is 0 Å². The zero-order valence-electron chi connectivity index (χ0n) is 11.7. The summed E-state index contributed by atoms with van der Waals surface area (Å²) >= 11 is 0. The van der Waals surface area contributed by atoms with Gasteiger partial charge in [0.25, 0.3) is 0 Å². The molecule has 1 atom stereocenters. The first-order chi connectivity index (χ1) is 8.85. The van der Waals surface area contributed by atoms with Gasteiger partial charge in [0.2, 0.25) is 0 Å². The molecule has 0 aliphatic heterocycles. The number of ether oxygens (including phenoxy) is 1. The number of hydrogen-bond acceptors (Lipinski definition) is 2. The fourth-order valence-electron chi connectivity index (χ4n) is 2.40.